The third kappa shape index (κ3) is 5.22. The second-order valence-corrected chi connectivity index (χ2v) is 7.72. The summed E-state index contributed by atoms with van der Waals surface area (Å²) in [7, 11) is -3.66. The van der Waals surface area contributed by atoms with Gasteiger partial charge >= 0.3 is 0 Å². The average molecular weight is 317 g/mol. The SMILES string of the molecule is CC(C)(C)CCS(=O)(=O)Nc1cccc(F)c1/C(N)=N/O. The minimum absolute atomic E-state index is 0.0563. The standard InChI is InChI=1S/C13H20FN3O3S/c1-13(2,3)7-8-21(19,20)17-10-6-4-5-9(14)11(10)12(15)16-18/h4-6,17-18H,7-8H2,1-3H3,(H2,15,16). The van der Waals surface area contributed by atoms with Crippen LogP contribution in [0.5, 0.6) is 0 Å². The van der Waals surface area contributed by atoms with Gasteiger partial charge in [-0.3, -0.25) is 4.72 Å². The van der Waals surface area contributed by atoms with Crippen molar-refractivity contribution in [1.82, 2.24) is 0 Å². The van der Waals surface area contributed by atoms with Crippen LogP contribution in [0.4, 0.5) is 10.1 Å². The zero-order valence-electron chi connectivity index (χ0n) is 12.2. The highest BCUT2D eigenvalue weighted by atomic mass is 32.2. The molecule has 8 heteroatoms. The Morgan fingerprint density at radius 3 is 2.57 bits per heavy atom. The van der Waals surface area contributed by atoms with Crippen LogP contribution in [0.2, 0.25) is 0 Å². The number of hydrogen-bond donors (Lipinski definition) is 3. The minimum atomic E-state index is -3.66. The van der Waals surface area contributed by atoms with Crippen LogP contribution in [0.15, 0.2) is 23.4 Å². The summed E-state index contributed by atoms with van der Waals surface area (Å²) in [6, 6.07) is 3.79. The summed E-state index contributed by atoms with van der Waals surface area (Å²) in [5.74, 6) is -1.38. The summed E-state index contributed by atoms with van der Waals surface area (Å²) in [5.41, 5.74) is 4.90. The monoisotopic (exact) mass is 317 g/mol. The molecule has 21 heavy (non-hydrogen) atoms. The van der Waals surface area contributed by atoms with Crippen molar-refractivity contribution >= 4 is 21.5 Å². The maximum absolute atomic E-state index is 13.7. The lowest BCUT2D eigenvalue weighted by Crippen LogP contribution is -2.24. The Bertz CT molecular complexity index is 637. The zero-order chi connectivity index (χ0) is 16.3. The molecule has 118 valence electrons. The van der Waals surface area contributed by atoms with E-state index < -0.39 is 21.7 Å². The molecule has 1 aromatic carbocycles. The Morgan fingerprint density at radius 2 is 2.05 bits per heavy atom. The van der Waals surface area contributed by atoms with E-state index >= 15 is 0 Å². The van der Waals surface area contributed by atoms with Crippen LogP contribution in [-0.2, 0) is 10.0 Å². The predicted octanol–water partition coefficient (Wildman–Crippen LogP) is 2.10. The Hall–Kier alpha value is -1.83. The summed E-state index contributed by atoms with van der Waals surface area (Å²) >= 11 is 0. The van der Waals surface area contributed by atoms with Gasteiger partial charge in [-0.15, -0.1) is 0 Å². The molecule has 0 saturated heterocycles. The predicted molar refractivity (Wildman–Crippen MR) is 80.4 cm³/mol. The first-order chi connectivity index (χ1) is 9.56. The van der Waals surface area contributed by atoms with E-state index in [9.17, 15) is 12.8 Å². The number of rotatable bonds is 5. The Morgan fingerprint density at radius 1 is 1.43 bits per heavy atom. The third-order valence-corrected chi connectivity index (χ3v) is 4.04. The molecule has 0 aromatic heterocycles. The molecule has 0 aliphatic rings. The zero-order valence-corrected chi connectivity index (χ0v) is 13.0. The molecule has 0 bridgehead atoms. The number of nitrogens with two attached hydrogens (primary N) is 1. The van der Waals surface area contributed by atoms with E-state index in [1.165, 1.54) is 12.1 Å². The summed E-state index contributed by atoms with van der Waals surface area (Å²) in [5, 5.41) is 11.4. The number of hydrogen-bond acceptors (Lipinski definition) is 4. The van der Waals surface area contributed by atoms with Gasteiger partial charge in [0.05, 0.1) is 17.0 Å². The van der Waals surface area contributed by atoms with Crippen molar-refractivity contribution in [3.8, 4) is 0 Å². The van der Waals surface area contributed by atoms with Crippen LogP contribution in [0.3, 0.4) is 0 Å². The Labute approximate surface area is 123 Å². The Kier molecular flexibility index (Phi) is 5.16. The van der Waals surface area contributed by atoms with E-state index in [1.807, 2.05) is 20.8 Å². The molecule has 0 unspecified atom stereocenters. The van der Waals surface area contributed by atoms with Crippen molar-refractivity contribution in [3.63, 3.8) is 0 Å². The van der Waals surface area contributed by atoms with Crippen molar-refractivity contribution < 1.29 is 18.0 Å². The summed E-state index contributed by atoms with van der Waals surface area (Å²) in [6.45, 7) is 5.77. The van der Waals surface area contributed by atoms with E-state index in [-0.39, 0.29) is 22.4 Å². The van der Waals surface area contributed by atoms with Gasteiger partial charge in [-0.1, -0.05) is 32.0 Å². The van der Waals surface area contributed by atoms with Crippen molar-refractivity contribution in [2.75, 3.05) is 10.5 Å². The number of nitrogens with one attached hydrogen (secondary N) is 1. The molecule has 0 saturated carbocycles. The van der Waals surface area contributed by atoms with E-state index in [0.29, 0.717) is 6.42 Å². The van der Waals surface area contributed by atoms with Gasteiger partial charge < -0.3 is 10.9 Å². The number of amidine groups is 1. The molecule has 0 aliphatic carbocycles. The highest BCUT2D eigenvalue weighted by molar-refractivity contribution is 7.92. The van der Waals surface area contributed by atoms with E-state index in [2.05, 4.69) is 9.88 Å². The molecule has 6 nitrogen and oxygen atoms in total. The normalized spacial score (nSPS) is 13.2. The molecule has 1 aromatic rings. The van der Waals surface area contributed by atoms with Crippen molar-refractivity contribution in [2.24, 2.45) is 16.3 Å². The second kappa shape index (κ2) is 6.30. The topological polar surface area (TPSA) is 105 Å². The third-order valence-electron chi connectivity index (χ3n) is 2.76. The van der Waals surface area contributed by atoms with Gasteiger partial charge in [0, 0.05) is 0 Å². The Balaban J connectivity index is 3.06. The molecule has 0 aliphatic heterocycles. The lowest BCUT2D eigenvalue weighted by atomic mass is 9.94. The van der Waals surface area contributed by atoms with Crippen LogP contribution in [0, 0.1) is 11.2 Å². The number of benzene rings is 1. The first kappa shape index (κ1) is 17.2. The van der Waals surface area contributed by atoms with Crippen LogP contribution >= 0.6 is 0 Å². The number of oxime groups is 1. The molecule has 0 spiro atoms. The first-order valence-electron chi connectivity index (χ1n) is 6.32. The van der Waals surface area contributed by atoms with Gasteiger partial charge in [0.2, 0.25) is 10.0 Å². The van der Waals surface area contributed by atoms with Gasteiger partial charge in [-0.2, -0.15) is 0 Å². The summed E-state index contributed by atoms with van der Waals surface area (Å²) in [6.07, 6.45) is 0.441. The van der Waals surface area contributed by atoms with Gasteiger partial charge in [0.25, 0.3) is 0 Å². The molecular weight excluding hydrogens is 297 g/mol. The van der Waals surface area contributed by atoms with Crippen LogP contribution in [0.25, 0.3) is 0 Å². The molecule has 0 radical (unpaired) electrons. The number of sulfonamides is 1. The lowest BCUT2D eigenvalue weighted by molar-refractivity contribution is 0.318. The highest BCUT2D eigenvalue weighted by Crippen LogP contribution is 2.23. The van der Waals surface area contributed by atoms with Crippen LogP contribution in [-0.4, -0.2) is 25.2 Å². The fraction of sp³-hybridized carbons (Fsp3) is 0.462. The molecule has 4 N–H and O–H groups in total. The highest BCUT2D eigenvalue weighted by Gasteiger charge is 2.20. The molecular formula is C13H20FN3O3S. The van der Waals surface area contributed by atoms with Crippen molar-refractivity contribution in [1.29, 1.82) is 0 Å². The largest absolute Gasteiger partial charge is 0.409 e. The number of nitrogens with zero attached hydrogens (tertiary/aromatic N) is 1. The quantitative estimate of drug-likeness (QED) is 0.335. The average Bonchev–Trinajstić information content (AvgIpc) is 2.35. The fourth-order valence-corrected chi connectivity index (χ4v) is 3.07. The summed E-state index contributed by atoms with van der Waals surface area (Å²) < 4.78 is 40.1. The van der Waals surface area contributed by atoms with Gasteiger partial charge in [-0.25, -0.2) is 12.8 Å². The first-order valence-corrected chi connectivity index (χ1v) is 7.98. The maximum atomic E-state index is 13.7. The lowest BCUT2D eigenvalue weighted by Gasteiger charge is -2.18. The van der Waals surface area contributed by atoms with Crippen LogP contribution in [0.1, 0.15) is 32.8 Å². The van der Waals surface area contributed by atoms with E-state index in [1.54, 1.807) is 0 Å². The fourth-order valence-electron chi connectivity index (χ4n) is 1.58. The minimum Gasteiger partial charge on any atom is -0.409 e. The van der Waals surface area contributed by atoms with Crippen molar-refractivity contribution in [2.45, 2.75) is 27.2 Å². The molecule has 0 atom stereocenters. The second-order valence-electron chi connectivity index (χ2n) is 5.88. The van der Waals surface area contributed by atoms with E-state index in [4.69, 9.17) is 10.9 Å². The number of anilines is 1. The number of halogens is 1. The molecule has 0 heterocycles. The maximum Gasteiger partial charge on any atom is 0.232 e. The van der Waals surface area contributed by atoms with Crippen LogP contribution < -0.4 is 10.5 Å². The molecule has 0 amide bonds. The van der Waals surface area contributed by atoms with E-state index in [0.717, 1.165) is 6.07 Å². The molecule has 0 fully saturated rings. The molecule has 1 rings (SSSR count). The van der Waals surface area contributed by atoms with Gasteiger partial charge in [-0.05, 0) is 24.0 Å². The van der Waals surface area contributed by atoms with Crippen molar-refractivity contribution in [3.05, 3.63) is 29.6 Å². The van der Waals surface area contributed by atoms with Gasteiger partial charge in [0.15, 0.2) is 5.84 Å². The smallest absolute Gasteiger partial charge is 0.232 e. The summed E-state index contributed by atoms with van der Waals surface area (Å²) in [4.78, 5) is 0. The van der Waals surface area contributed by atoms with Gasteiger partial charge in [0.1, 0.15) is 5.82 Å².